The number of nitrogens with two attached hydrogens (primary N) is 1. The number of hydrogen-bond donors (Lipinski definition) is 1. The Balaban J connectivity index is 1.88. The van der Waals surface area contributed by atoms with Crippen molar-refractivity contribution in [1.29, 1.82) is 0 Å². The Kier molecular flexibility index (Phi) is 3.60. The Morgan fingerprint density at radius 2 is 2.00 bits per heavy atom. The van der Waals surface area contributed by atoms with Gasteiger partial charge in [0.15, 0.2) is 9.84 Å². The van der Waals surface area contributed by atoms with E-state index in [1.165, 1.54) is 11.1 Å². The second-order valence-electron chi connectivity index (χ2n) is 6.06. The molecule has 2 aliphatic heterocycles. The summed E-state index contributed by atoms with van der Waals surface area (Å²) in [7, 11) is -2.95. The molecule has 20 heavy (non-hydrogen) atoms. The van der Waals surface area contributed by atoms with Crippen molar-refractivity contribution < 1.29 is 8.42 Å². The zero-order valence-electron chi connectivity index (χ0n) is 11.7. The third kappa shape index (κ3) is 2.50. The Bertz CT molecular complexity index is 600. The lowest BCUT2D eigenvalue weighted by molar-refractivity contribution is 0.0853. The number of hydrogen-bond acceptors (Lipinski definition) is 4. The zero-order valence-corrected chi connectivity index (χ0v) is 12.5. The van der Waals surface area contributed by atoms with Crippen LogP contribution in [0, 0.1) is 0 Å². The minimum Gasteiger partial charge on any atom is -0.329 e. The molecular formula is C15H22N2O2S. The first-order valence-electron chi connectivity index (χ1n) is 7.27. The summed E-state index contributed by atoms with van der Waals surface area (Å²) in [5.41, 5.74) is 8.35. The summed E-state index contributed by atoms with van der Waals surface area (Å²) in [6.07, 6.45) is 2.61. The molecule has 2 N–H and O–H groups in total. The molecular weight excluding hydrogens is 272 g/mol. The van der Waals surface area contributed by atoms with E-state index in [2.05, 4.69) is 29.2 Å². The molecule has 5 heteroatoms. The average Bonchev–Trinajstić information content (AvgIpc) is 2.45. The second-order valence-corrected chi connectivity index (χ2v) is 8.25. The summed E-state index contributed by atoms with van der Waals surface area (Å²) >= 11 is 0. The molecule has 4 nitrogen and oxygen atoms in total. The van der Waals surface area contributed by atoms with Crippen LogP contribution < -0.4 is 5.73 Å². The fraction of sp³-hybridized carbons (Fsp3) is 0.600. The summed E-state index contributed by atoms with van der Waals surface area (Å²) in [4.78, 5) is 2.31. The van der Waals surface area contributed by atoms with Crippen molar-refractivity contribution in [1.82, 2.24) is 4.90 Å². The Morgan fingerprint density at radius 1 is 1.25 bits per heavy atom. The van der Waals surface area contributed by atoms with Gasteiger partial charge in [-0.05, 0) is 30.4 Å². The van der Waals surface area contributed by atoms with Gasteiger partial charge in [-0.1, -0.05) is 24.3 Å². The standard InChI is InChI=1S/C15H22N2O2S/c16-11-15(7-3-9-20(18,19)12-15)17-8-6-13-4-1-2-5-14(13)10-17/h1-2,4-5H,3,6-12,16H2. The van der Waals surface area contributed by atoms with Crippen LogP contribution in [-0.4, -0.2) is 43.5 Å². The van der Waals surface area contributed by atoms with E-state index in [-0.39, 0.29) is 11.3 Å². The molecule has 0 radical (unpaired) electrons. The van der Waals surface area contributed by atoms with E-state index >= 15 is 0 Å². The molecule has 1 aromatic rings. The van der Waals surface area contributed by atoms with Gasteiger partial charge in [-0.25, -0.2) is 8.42 Å². The highest BCUT2D eigenvalue weighted by Crippen LogP contribution is 2.32. The molecule has 2 aliphatic rings. The smallest absolute Gasteiger partial charge is 0.152 e. The second kappa shape index (κ2) is 5.13. The number of nitrogens with zero attached hydrogens (tertiary/aromatic N) is 1. The molecule has 2 heterocycles. The van der Waals surface area contributed by atoms with Crippen molar-refractivity contribution in [3.63, 3.8) is 0 Å². The summed E-state index contributed by atoms with van der Waals surface area (Å²) in [5.74, 6) is 0.540. The maximum Gasteiger partial charge on any atom is 0.152 e. The molecule has 1 fully saturated rings. The van der Waals surface area contributed by atoms with Gasteiger partial charge in [-0.2, -0.15) is 0 Å². The summed E-state index contributed by atoms with van der Waals surface area (Å²) < 4.78 is 24.1. The summed E-state index contributed by atoms with van der Waals surface area (Å²) in [5, 5.41) is 0. The van der Waals surface area contributed by atoms with Crippen LogP contribution in [0.4, 0.5) is 0 Å². The lowest BCUT2D eigenvalue weighted by atomic mass is 9.89. The average molecular weight is 294 g/mol. The quantitative estimate of drug-likeness (QED) is 0.882. The zero-order chi connectivity index (χ0) is 14.2. The van der Waals surface area contributed by atoms with E-state index in [0.29, 0.717) is 12.3 Å². The number of benzene rings is 1. The lowest BCUT2D eigenvalue weighted by Gasteiger charge is -2.47. The molecule has 1 atom stereocenters. The number of rotatable bonds is 2. The monoisotopic (exact) mass is 294 g/mol. The van der Waals surface area contributed by atoms with Crippen LogP contribution in [-0.2, 0) is 22.8 Å². The molecule has 3 rings (SSSR count). The molecule has 110 valence electrons. The van der Waals surface area contributed by atoms with Crippen LogP contribution >= 0.6 is 0 Å². The maximum atomic E-state index is 12.0. The maximum absolute atomic E-state index is 12.0. The van der Waals surface area contributed by atoms with Crippen LogP contribution in [0.5, 0.6) is 0 Å². The van der Waals surface area contributed by atoms with E-state index < -0.39 is 9.84 Å². The van der Waals surface area contributed by atoms with Crippen LogP contribution in [0.2, 0.25) is 0 Å². The molecule has 0 spiro atoms. The third-order valence-corrected chi connectivity index (χ3v) is 6.66. The van der Waals surface area contributed by atoms with E-state index in [1.54, 1.807) is 0 Å². The number of sulfone groups is 1. The molecule has 1 aromatic carbocycles. The number of fused-ring (bicyclic) bond motifs is 1. The third-order valence-electron chi connectivity index (χ3n) is 4.77. The fourth-order valence-electron chi connectivity index (χ4n) is 3.61. The highest BCUT2D eigenvalue weighted by atomic mass is 32.2. The van der Waals surface area contributed by atoms with Crippen LogP contribution in [0.15, 0.2) is 24.3 Å². The first-order chi connectivity index (χ1) is 9.55. The highest BCUT2D eigenvalue weighted by Gasteiger charge is 2.43. The van der Waals surface area contributed by atoms with Crippen molar-refractivity contribution >= 4 is 9.84 Å². The van der Waals surface area contributed by atoms with Gasteiger partial charge in [-0.3, -0.25) is 4.90 Å². The van der Waals surface area contributed by atoms with E-state index in [4.69, 9.17) is 5.73 Å². The Hall–Kier alpha value is -0.910. The molecule has 1 saturated heterocycles. The summed E-state index contributed by atoms with van der Waals surface area (Å²) in [6.45, 7) is 2.15. The molecule has 0 aliphatic carbocycles. The van der Waals surface area contributed by atoms with Gasteiger partial charge in [0, 0.05) is 25.2 Å². The predicted octanol–water partition coefficient (Wildman–Crippen LogP) is 0.951. The lowest BCUT2D eigenvalue weighted by Crippen LogP contribution is -2.61. The van der Waals surface area contributed by atoms with Crippen molar-refractivity contribution in [3.05, 3.63) is 35.4 Å². The minimum absolute atomic E-state index is 0.221. The largest absolute Gasteiger partial charge is 0.329 e. The van der Waals surface area contributed by atoms with Crippen molar-refractivity contribution in [2.45, 2.75) is 31.3 Å². The van der Waals surface area contributed by atoms with Gasteiger partial charge in [0.2, 0.25) is 0 Å². The highest BCUT2D eigenvalue weighted by molar-refractivity contribution is 7.91. The van der Waals surface area contributed by atoms with Crippen LogP contribution in [0.25, 0.3) is 0 Å². The Morgan fingerprint density at radius 3 is 2.70 bits per heavy atom. The summed E-state index contributed by atoms with van der Waals surface area (Å²) in [6, 6.07) is 8.43. The van der Waals surface area contributed by atoms with Crippen LogP contribution in [0.3, 0.4) is 0 Å². The predicted molar refractivity (Wildman–Crippen MR) is 80.2 cm³/mol. The van der Waals surface area contributed by atoms with Gasteiger partial charge < -0.3 is 5.73 Å². The van der Waals surface area contributed by atoms with Gasteiger partial charge in [0.05, 0.1) is 11.5 Å². The molecule has 1 unspecified atom stereocenters. The van der Waals surface area contributed by atoms with Crippen molar-refractivity contribution in [3.8, 4) is 0 Å². The van der Waals surface area contributed by atoms with Crippen molar-refractivity contribution in [2.75, 3.05) is 24.6 Å². The van der Waals surface area contributed by atoms with Gasteiger partial charge in [0.25, 0.3) is 0 Å². The van der Waals surface area contributed by atoms with Gasteiger partial charge in [0.1, 0.15) is 0 Å². The fourth-order valence-corrected chi connectivity index (χ4v) is 5.61. The van der Waals surface area contributed by atoms with Gasteiger partial charge >= 0.3 is 0 Å². The topological polar surface area (TPSA) is 63.4 Å². The first-order valence-corrected chi connectivity index (χ1v) is 9.09. The SMILES string of the molecule is NCC1(N2CCc3ccccc3C2)CCCS(=O)(=O)C1. The van der Waals surface area contributed by atoms with E-state index in [9.17, 15) is 8.42 Å². The molecule has 0 saturated carbocycles. The van der Waals surface area contributed by atoms with Crippen molar-refractivity contribution in [2.24, 2.45) is 5.73 Å². The molecule has 0 amide bonds. The van der Waals surface area contributed by atoms with Crippen LogP contribution in [0.1, 0.15) is 24.0 Å². The Labute approximate surface area is 120 Å². The molecule has 0 aromatic heterocycles. The van der Waals surface area contributed by atoms with E-state index in [1.807, 2.05) is 0 Å². The molecule has 0 bridgehead atoms. The van der Waals surface area contributed by atoms with E-state index in [0.717, 1.165) is 32.4 Å². The minimum atomic E-state index is -2.95. The normalized spacial score (nSPS) is 29.9. The first kappa shape index (κ1) is 14.0. The van der Waals surface area contributed by atoms with Gasteiger partial charge in [-0.15, -0.1) is 0 Å².